The zero-order valence-electron chi connectivity index (χ0n) is 11.7. The molecule has 0 spiro atoms. The molecule has 8 heteroatoms. The summed E-state index contributed by atoms with van der Waals surface area (Å²) in [5.74, 6) is -1.02. The predicted molar refractivity (Wildman–Crippen MR) is 82.1 cm³/mol. The lowest BCUT2D eigenvalue weighted by Crippen LogP contribution is -2.35. The number of nitriles is 1. The molecule has 1 aromatic carbocycles. The van der Waals surface area contributed by atoms with Crippen molar-refractivity contribution in [1.82, 2.24) is 9.78 Å². The molecule has 0 bridgehead atoms. The van der Waals surface area contributed by atoms with Gasteiger partial charge in [0.05, 0.1) is 16.9 Å². The fourth-order valence-electron chi connectivity index (χ4n) is 1.99. The fourth-order valence-corrected chi connectivity index (χ4v) is 2.47. The van der Waals surface area contributed by atoms with E-state index < -0.39 is 11.8 Å². The van der Waals surface area contributed by atoms with Gasteiger partial charge in [0.1, 0.15) is 11.6 Å². The van der Waals surface area contributed by atoms with Crippen LogP contribution in [0.2, 0.25) is 10.0 Å². The van der Waals surface area contributed by atoms with E-state index in [-0.39, 0.29) is 16.4 Å². The highest BCUT2D eigenvalue weighted by atomic mass is 35.5. The number of amides is 2. The molecule has 0 unspecified atom stereocenters. The molecule has 112 valence electrons. The molecular weight excluding hydrogens is 327 g/mol. The lowest BCUT2D eigenvalue weighted by atomic mass is 10.3. The highest BCUT2D eigenvalue weighted by molar-refractivity contribution is 6.35. The Morgan fingerprint density at radius 2 is 1.91 bits per heavy atom. The van der Waals surface area contributed by atoms with Crippen molar-refractivity contribution >= 4 is 40.8 Å². The molecule has 6 nitrogen and oxygen atoms in total. The molecule has 2 aromatic rings. The van der Waals surface area contributed by atoms with Gasteiger partial charge in [0, 0.05) is 18.9 Å². The summed E-state index contributed by atoms with van der Waals surface area (Å²) in [4.78, 5) is 24.4. The van der Waals surface area contributed by atoms with E-state index >= 15 is 0 Å². The third-order valence-electron chi connectivity index (χ3n) is 2.84. The average molecular weight is 337 g/mol. The molecule has 2 rings (SSSR count). The second-order valence-electron chi connectivity index (χ2n) is 4.37. The van der Waals surface area contributed by atoms with Crippen LogP contribution in [0.1, 0.15) is 19.4 Å². The van der Waals surface area contributed by atoms with Gasteiger partial charge in [0.2, 0.25) is 11.8 Å². The van der Waals surface area contributed by atoms with E-state index in [0.29, 0.717) is 10.7 Å². The van der Waals surface area contributed by atoms with Crippen LogP contribution in [0.3, 0.4) is 0 Å². The van der Waals surface area contributed by atoms with E-state index in [1.54, 1.807) is 12.1 Å². The molecule has 0 N–H and O–H groups in total. The van der Waals surface area contributed by atoms with Gasteiger partial charge < -0.3 is 0 Å². The van der Waals surface area contributed by atoms with Crippen molar-refractivity contribution in [3.63, 3.8) is 0 Å². The minimum atomic E-state index is -0.532. The summed E-state index contributed by atoms with van der Waals surface area (Å²) in [6.07, 6.45) is 1.26. The van der Waals surface area contributed by atoms with Gasteiger partial charge in [-0.05, 0) is 18.2 Å². The third-order valence-corrected chi connectivity index (χ3v) is 3.38. The number of halogens is 2. The molecule has 0 saturated carbocycles. The van der Waals surface area contributed by atoms with Crippen molar-refractivity contribution in [3.05, 3.63) is 40.0 Å². The first-order chi connectivity index (χ1) is 10.4. The molecular formula is C14H10Cl2N4O2. The Morgan fingerprint density at radius 3 is 2.41 bits per heavy atom. The monoisotopic (exact) mass is 336 g/mol. The first-order valence-electron chi connectivity index (χ1n) is 6.11. The van der Waals surface area contributed by atoms with E-state index in [2.05, 4.69) is 5.10 Å². The lowest BCUT2D eigenvalue weighted by molar-refractivity contribution is -0.124. The number of aromatic nitrogens is 2. The summed E-state index contributed by atoms with van der Waals surface area (Å²) in [6, 6.07) is 6.58. The first-order valence-corrected chi connectivity index (χ1v) is 6.87. The van der Waals surface area contributed by atoms with E-state index in [1.807, 2.05) is 6.07 Å². The molecule has 0 aliphatic rings. The summed E-state index contributed by atoms with van der Waals surface area (Å²) in [5.41, 5.74) is 0.478. The number of carbonyl (C=O) groups excluding carboxylic acids is 2. The smallest absolute Gasteiger partial charge is 0.231 e. The Labute approximate surface area is 136 Å². The van der Waals surface area contributed by atoms with Gasteiger partial charge in [-0.2, -0.15) is 10.4 Å². The van der Waals surface area contributed by atoms with Crippen LogP contribution in [0, 0.1) is 11.3 Å². The predicted octanol–water partition coefficient (Wildman–Crippen LogP) is 2.95. The van der Waals surface area contributed by atoms with E-state index in [0.717, 1.165) is 4.90 Å². The van der Waals surface area contributed by atoms with E-state index in [1.165, 1.54) is 30.8 Å². The summed E-state index contributed by atoms with van der Waals surface area (Å²) < 4.78 is 1.26. The number of imide groups is 1. The number of benzene rings is 1. The first kappa shape index (κ1) is 16.0. The molecule has 0 fully saturated rings. The van der Waals surface area contributed by atoms with Crippen molar-refractivity contribution < 1.29 is 9.59 Å². The van der Waals surface area contributed by atoms with Crippen molar-refractivity contribution in [2.75, 3.05) is 4.90 Å². The molecule has 1 heterocycles. The average Bonchev–Trinajstić information content (AvgIpc) is 2.81. The Morgan fingerprint density at radius 1 is 1.27 bits per heavy atom. The number of nitrogens with zero attached hydrogens (tertiary/aromatic N) is 4. The van der Waals surface area contributed by atoms with Gasteiger partial charge in [0.25, 0.3) is 0 Å². The maximum absolute atomic E-state index is 11.8. The van der Waals surface area contributed by atoms with Gasteiger partial charge in [-0.25, -0.2) is 9.58 Å². The van der Waals surface area contributed by atoms with Crippen LogP contribution in [-0.4, -0.2) is 21.6 Å². The number of anilines is 1. The Hall–Kier alpha value is -2.36. The highest BCUT2D eigenvalue weighted by Gasteiger charge is 2.26. The van der Waals surface area contributed by atoms with Crippen LogP contribution < -0.4 is 4.90 Å². The largest absolute Gasteiger partial charge is 0.274 e. The number of hydrogen-bond donors (Lipinski definition) is 0. The number of rotatable bonds is 2. The summed E-state index contributed by atoms with van der Waals surface area (Å²) in [6.45, 7) is 2.45. The molecule has 1 aromatic heterocycles. The number of carbonyl (C=O) groups is 2. The molecule has 0 atom stereocenters. The second-order valence-corrected chi connectivity index (χ2v) is 5.22. The topological polar surface area (TPSA) is 79.0 Å². The third kappa shape index (κ3) is 2.82. The highest BCUT2D eigenvalue weighted by Crippen LogP contribution is 2.30. The SMILES string of the molecule is CC(=O)N(C(C)=O)c1c(C#N)cnn1-c1ccc(Cl)cc1Cl. The van der Waals surface area contributed by atoms with Gasteiger partial charge in [-0.1, -0.05) is 23.2 Å². The Kier molecular flexibility index (Phi) is 4.50. The van der Waals surface area contributed by atoms with Crippen LogP contribution in [0.25, 0.3) is 5.69 Å². The Balaban J connectivity index is 2.74. The van der Waals surface area contributed by atoms with E-state index in [9.17, 15) is 14.9 Å². The van der Waals surface area contributed by atoms with Gasteiger partial charge >= 0.3 is 0 Å². The standard InChI is InChI=1S/C14H10Cl2N4O2/c1-8(21)19(9(2)22)14-10(6-17)7-18-20(14)13-4-3-11(15)5-12(13)16/h3-5,7H,1-2H3. The van der Waals surface area contributed by atoms with Crippen molar-refractivity contribution in [3.8, 4) is 11.8 Å². The number of hydrogen-bond acceptors (Lipinski definition) is 4. The van der Waals surface area contributed by atoms with Crippen molar-refractivity contribution in [2.24, 2.45) is 0 Å². The normalized spacial score (nSPS) is 10.1. The zero-order chi connectivity index (χ0) is 16.4. The van der Waals surface area contributed by atoms with Gasteiger partial charge in [-0.3, -0.25) is 9.59 Å². The van der Waals surface area contributed by atoms with Gasteiger partial charge in [-0.15, -0.1) is 0 Å². The second kappa shape index (κ2) is 6.18. The van der Waals surface area contributed by atoms with Crippen LogP contribution in [0.4, 0.5) is 5.82 Å². The van der Waals surface area contributed by atoms with Crippen molar-refractivity contribution in [1.29, 1.82) is 5.26 Å². The van der Waals surface area contributed by atoms with Crippen LogP contribution in [0.5, 0.6) is 0 Å². The molecule has 22 heavy (non-hydrogen) atoms. The maximum atomic E-state index is 11.8. The minimum Gasteiger partial charge on any atom is -0.274 e. The quantitative estimate of drug-likeness (QED) is 0.844. The molecule has 0 saturated heterocycles. The van der Waals surface area contributed by atoms with Crippen LogP contribution >= 0.6 is 23.2 Å². The molecule has 0 aliphatic heterocycles. The summed E-state index contributed by atoms with van der Waals surface area (Å²) >= 11 is 12.0. The molecule has 0 aliphatic carbocycles. The zero-order valence-corrected chi connectivity index (χ0v) is 13.2. The van der Waals surface area contributed by atoms with E-state index in [4.69, 9.17) is 23.2 Å². The molecule has 2 amide bonds. The van der Waals surface area contributed by atoms with Gasteiger partial charge in [0.15, 0.2) is 5.82 Å². The van der Waals surface area contributed by atoms with Crippen LogP contribution in [-0.2, 0) is 9.59 Å². The summed E-state index contributed by atoms with van der Waals surface area (Å²) in [5, 5.41) is 14.0. The summed E-state index contributed by atoms with van der Waals surface area (Å²) in [7, 11) is 0. The fraction of sp³-hybridized carbons (Fsp3) is 0.143. The Bertz CT molecular complexity index is 794. The molecule has 0 radical (unpaired) electrons. The van der Waals surface area contributed by atoms with Crippen molar-refractivity contribution in [2.45, 2.75) is 13.8 Å². The minimum absolute atomic E-state index is 0.0479. The maximum Gasteiger partial charge on any atom is 0.231 e. The lowest BCUT2D eigenvalue weighted by Gasteiger charge is -2.19. The van der Waals surface area contributed by atoms with Crippen LogP contribution in [0.15, 0.2) is 24.4 Å².